The number of hydrogen-bond donors (Lipinski definition) is 1. The first-order valence-electron chi connectivity index (χ1n) is 8.22. The summed E-state index contributed by atoms with van der Waals surface area (Å²) in [5.41, 5.74) is 0. The van der Waals surface area contributed by atoms with Crippen LogP contribution >= 0.6 is 11.6 Å². The molecule has 1 aromatic carbocycles. The van der Waals surface area contributed by atoms with Crippen molar-refractivity contribution >= 4 is 17.4 Å². The Balaban J connectivity index is 1.42. The molecule has 1 aliphatic heterocycles. The van der Waals surface area contributed by atoms with E-state index in [0.717, 1.165) is 32.0 Å². The summed E-state index contributed by atoms with van der Waals surface area (Å²) in [4.78, 5) is 7.85. The van der Waals surface area contributed by atoms with E-state index >= 15 is 0 Å². The lowest BCUT2D eigenvalue weighted by atomic mass is 10.2. The van der Waals surface area contributed by atoms with Crippen LogP contribution in [-0.2, 0) is 0 Å². The molecule has 2 N–H and O–H groups in total. The average Bonchev–Trinajstić information content (AvgIpc) is 2.62. The zero-order valence-electron chi connectivity index (χ0n) is 13.6. The zero-order chi connectivity index (χ0) is 16.8. The number of aliphatic hydroxyl groups is 1. The van der Waals surface area contributed by atoms with Crippen molar-refractivity contribution in [2.45, 2.75) is 6.10 Å². The van der Waals surface area contributed by atoms with Crippen LogP contribution < -0.4 is 14.6 Å². The SMILES string of the molecule is O[C@@H](COc1ccccc1Cl)CN1CCN(c2cccc[nH+]2)CC1. The molecule has 0 bridgehead atoms. The predicted molar refractivity (Wildman–Crippen MR) is 94.6 cm³/mol. The van der Waals surface area contributed by atoms with E-state index < -0.39 is 6.10 Å². The minimum absolute atomic E-state index is 0.246. The van der Waals surface area contributed by atoms with Gasteiger partial charge in [0.1, 0.15) is 18.5 Å². The van der Waals surface area contributed by atoms with Gasteiger partial charge in [-0.15, -0.1) is 0 Å². The Morgan fingerprint density at radius 3 is 2.54 bits per heavy atom. The number of ether oxygens (including phenoxy) is 1. The number of aromatic nitrogens is 1. The minimum Gasteiger partial charge on any atom is -0.489 e. The van der Waals surface area contributed by atoms with Gasteiger partial charge in [-0.25, -0.2) is 4.98 Å². The number of benzene rings is 1. The molecule has 1 fully saturated rings. The molecule has 0 radical (unpaired) electrons. The maximum atomic E-state index is 10.2. The standard InChI is InChI=1S/C18H22ClN3O2/c19-16-5-1-2-6-17(16)24-14-15(23)13-21-9-11-22(12-10-21)18-7-3-4-8-20-18/h1-8,15,23H,9-14H2/p+1/t15-/m1/s1. The van der Waals surface area contributed by atoms with Crippen LogP contribution in [0.2, 0.25) is 5.02 Å². The summed E-state index contributed by atoms with van der Waals surface area (Å²) in [5.74, 6) is 1.75. The molecule has 1 aromatic heterocycles. The quantitative estimate of drug-likeness (QED) is 0.863. The topological polar surface area (TPSA) is 50.1 Å². The maximum absolute atomic E-state index is 10.2. The van der Waals surface area contributed by atoms with E-state index in [1.807, 2.05) is 36.5 Å². The van der Waals surface area contributed by atoms with Gasteiger partial charge in [-0.05, 0) is 18.2 Å². The summed E-state index contributed by atoms with van der Waals surface area (Å²) in [6.07, 6.45) is 1.41. The first-order chi connectivity index (χ1) is 11.7. The second-order valence-corrected chi connectivity index (χ2v) is 6.34. The first-order valence-corrected chi connectivity index (χ1v) is 8.59. The number of anilines is 1. The highest BCUT2D eigenvalue weighted by molar-refractivity contribution is 6.32. The number of rotatable bonds is 6. The summed E-state index contributed by atoms with van der Waals surface area (Å²) < 4.78 is 5.61. The number of piperazine rings is 1. The molecule has 1 saturated heterocycles. The van der Waals surface area contributed by atoms with Crippen molar-refractivity contribution in [3.63, 3.8) is 0 Å². The number of hydrogen-bond acceptors (Lipinski definition) is 4. The van der Waals surface area contributed by atoms with Crippen molar-refractivity contribution in [2.75, 3.05) is 44.2 Å². The lowest BCUT2D eigenvalue weighted by Gasteiger charge is -2.32. The Labute approximate surface area is 147 Å². The summed E-state index contributed by atoms with van der Waals surface area (Å²) in [7, 11) is 0. The van der Waals surface area contributed by atoms with E-state index in [9.17, 15) is 5.11 Å². The number of β-amino-alcohol motifs (C(OH)–C–C–N with tert-alkyl or cyclic N) is 1. The molecule has 128 valence electrons. The van der Waals surface area contributed by atoms with E-state index in [1.54, 1.807) is 6.07 Å². The Hall–Kier alpha value is -1.82. The van der Waals surface area contributed by atoms with Crippen molar-refractivity contribution in [1.82, 2.24) is 4.90 Å². The van der Waals surface area contributed by atoms with Gasteiger partial charge < -0.3 is 9.84 Å². The van der Waals surface area contributed by atoms with Gasteiger partial charge in [-0.3, -0.25) is 9.80 Å². The highest BCUT2D eigenvalue weighted by Gasteiger charge is 2.24. The molecule has 0 spiro atoms. The summed E-state index contributed by atoms with van der Waals surface area (Å²) in [6, 6.07) is 13.4. The normalized spacial score (nSPS) is 16.8. The Bertz CT molecular complexity index is 633. The third-order valence-electron chi connectivity index (χ3n) is 4.14. The van der Waals surface area contributed by atoms with E-state index in [4.69, 9.17) is 16.3 Å². The van der Waals surface area contributed by atoms with Gasteiger partial charge in [-0.2, -0.15) is 0 Å². The number of pyridine rings is 1. The van der Waals surface area contributed by atoms with Crippen molar-refractivity contribution in [3.8, 4) is 5.75 Å². The molecule has 1 atom stereocenters. The van der Waals surface area contributed by atoms with Crippen LogP contribution in [0.15, 0.2) is 48.7 Å². The summed E-state index contributed by atoms with van der Waals surface area (Å²) >= 11 is 6.05. The van der Waals surface area contributed by atoms with Crippen LogP contribution in [0.5, 0.6) is 5.75 Å². The number of aliphatic hydroxyl groups excluding tert-OH is 1. The molecule has 0 aliphatic carbocycles. The molecule has 3 rings (SSSR count). The molecule has 0 amide bonds. The second-order valence-electron chi connectivity index (χ2n) is 5.93. The van der Waals surface area contributed by atoms with Gasteiger partial charge in [0, 0.05) is 25.7 Å². The molecular weight excluding hydrogens is 326 g/mol. The number of nitrogens with zero attached hydrogens (tertiary/aromatic N) is 2. The molecule has 6 heteroatoms. The van der Waals surface area contributed by atoms with E-state index in [-0.39, 0.29) is 6.61 Å². The highest BCUT2D eigenvalue weighted by Crippen LogP contribution is 2.23. The lowest BCUT2D eigenvalue weighted by Crippen LogP contribution is -2.50. The number of H-pyrrole nitrogens is 1. The van der Waals surface area contributed by atoms with E-state index in [2.05, 4.69) is 20.9 Å². The van der Waals surface area contributed by atoms with Crippen molar-refractivity contribution in [3.05, 3.63) is 53.7 Å². The van der Waals surface area contributed by atoms with Crippen LogP contribution in [0.25, 0.3) is 0 Å². The Morgan fingerprint density at radius 1 is 1.08 bits per heavy atom. The fourth-order valence-electron chi connectivity index (χ4n) is 2.85. The molecule has 2 aromatic rings. The number of nitrogens with one attached hydrogen (secondary N) is 1. The van der Waals surface area contributed by atoms with Crippen molar-refractivity contribution < 1.29 is 14.8 Å². The molecule has 5 nitrogen and oxygen atoms in total. The number of para-hydroxylation sites is 1. The zero-order valence-corrected chi connectivity index (χ0v) is 14.3. The molecule has 2 heterocycles. The van der Waals surface area contributed by atoms with Crippen LogP contribution in [-0.4, -0.2) is 55.4 Å². The van der Waals surface area contributed by atoms with Crippen LogP contribution in [0.4, 0.5) is 5.82 Å². The van der Waals surface area contributed by atoms with Gasteiger partial charge >= 0.3 is 0 Å². The first kappa shape index (κ1) is 17.0. The smallest absolute Gasteiger partial charge is 0.274 e. The highest BCUT2D eigenvalue weighted by atomic mass is 35.5. The largest absolute Gasteiger partial charge is 0.489 e. The van der Waals surface area contributed by atoms with Gasteiger partial charge in [-0.1, -0.05) is 29.8 Å². The van der Waals surface area contributed by atoms with Gasteiger partial charge in [0.25, 0.3) is 5.82 Å². The lowest BCUT2D eigenvalue weighted by molar-refractivity contribution is -0.364. The third kappa shape index (κ3) is 4.60. The summed E-state index contributed by atoms with van der Waals surface area (Å²) in [6.45, 7) is 4.59. The van der Waals surface area contributed by atoms with Crippen LogP contribution in [0, 0.1) is 0 Å². The molecule has 24 heavy (non-hydrogen) atoms. The number of aromatic amines is 1. The summed E-state index contributed by atoms with van der Waals surface area (Å²) in [5, 5.41) is 10.8. The van der Waals surface area contributed by atoms with Crippen molar-refractivity contribution in [1.29, 1.82) is 0 Å². The van der Waals surface area contributed by atoms with Gasteiger partial charge in [0.05, 0.1) is 24.3 Å². The monoisotopic (exact) mass is 348 g/mol. The molecular formula is C18H23ClN3O2+. The Kier molecular flexibility index (Phi) is 5.91. The molecule has 1 aliphatic rings. The van der Waals surface area contributed by atoms with Gasteiger partial charge in [0.2, 0.25) is 0 Å². The minimum atomic E-state index is -0.531. The molecule has 0 saturated carbocycles. The van der Waals surface area contributed by atoms with Crippen LogP contribution in [0.3, 0.4) is 0 Å². The van der Waals surface area contributed by atoms with E-state index in [0.29, 0.717) is 17.3 Å². The second kappa shape index (κ2) is 8.33. The van der Waals surface area contributed by atoms with Crippen molar-refractivity contribution in [2.24, 2.45) is 0 Å². The maximum Gasteiger partial charge on any atom is 0.274 e. The fraction of sp³-hybridized carbons (Fsp3) is 0.389. The van der Waals surface area contributed by atoms with E-state index in [1.165, 1.54) is 0 Å². The van der Waals surface area contributed by atoms with Crippen LogP contribution in [0.1, 0.15) is 0 Å². The predicted octanol–water partition coefficient (Wildman–Crippen LogP) is 1.72. The third-order valence-corrected chi connectivity index (χ3v) is 4.45. The number of halogens is 1. The van der Waals surface area contributed by atoms with Gasteiger partial charge in [0.15, 0.2) is 0 Å². The fourth-order valence-corrected chi connectivity index (χ4v) is 3.04. The molecule has 0 unspecified atom stereocenters. The Morgan fingerprint density at radius 2 is 1.83 bits per heavy atom. The average molecular weight is 349 g/mol.